The Morgan fingerprint density at radius 3 is 2.32 bits per heavy atom. The molecular formula is C31H34N2O4S. The molecule has 2 aromatic heterocycles. The normalized spacial score (nSPS) is 17.7. The number of anilines is 2. The Kier molecular flexibility index (Phi) is 7.05. The third-order valence-electron chi connectivity index (χ3n) is 7.64. The van der Waals surface area contributed by atoms with Crippen LogP contribution in [0.15, 0.2) is 52.9 Å². The number of nitrogen functional groups attached to an aromatic ring is 1. The van der Waals surface area contributed by atoms with Gasteiger partial charge in [0.25, 0.3) is 0 Å². The molecule has 1 fully saturated rings. The van der Waals surface area contributed by atoms with Gasteiger partial charge in [-0.3, -0.25) is 4.79 Å². The molecule has 0 radical (unpaired) electrons. The van der Waals surface area contributed by atoms with Crippen LogP contribution in [-0.2, 0) is 4.79 Å². The van der Waals surface area contributed by atoms with E-state index in [4.69, 9.17) is 10.2 Å². The van der Waals surface area contributed by atoms with Crippen LogP contribution in [0.4, 0.5) is 11.4 Å². The van der Waals surface area contributed by atoms with Crippen LogP contribution in [0.5, 0.6) is 0 Å². The molecule has 5 rings (SSSR count). The van der Waals surface area contributed by atoms with Crippen LogP contribution in [-0.4, -0.2) is 23.0 Å². The Balaban J connectivity index is 1.50. The van der Waals surface area contributed by atoms with Crippen molar-refractivity contribution < 1.29 is 19.1 Å². The molecule has 1 amide bonds. The number of hydrogen-bond acceptors (Lipinski definition) is 5. The molecule has 1 aliphatic rings. The molecule has 0 saturated heterocycles. The van der Waals surface area contributed by atoms with Gasteiger partial charge in [-0.2, -0.15) is 0 Å². The minimum atomic E-state index is -1.01. The minimum absolute atomic E-state index is 0.0442. The van der Waals surface area contributed by atoms with E-state index < -0.39 is 5.97 Å². The molecule has 1 aliphatic carbocycles. The third-order valence-corrected chi connectivity index (χ3v) is 8.96. The molecule has 0 bridgehead atoms. The van der Waals surface area contributed by atoms with Gasteiger partial charge < -0.3 is 20.2 Å². The first-order valence-electron chi connectivity index (χ1n) is 13.2. The number of nitrogens with two attached hydrogens (primary N) is 1. The number of thiophene rings is 1. The monoisotopic (exact) mass is 530 g/mol. The quantitative estimate of drug-likeness (QED) is 0.246. The Labute approximate surface area is 227 Å². The second-order valence-corrected chi connectivity index (χ2v) is 11.8. The van der Waals surface area contributed by atoms with Gasteiger partial charge in [0, 0.05) is 39.5 Å². The average molecular weight is 531 g/mol. The van der Waals surface area contributed by atoms with Crippen molar-refractivity contribution in [1.82, 2.24) is 0 Å². The van der Waals surface area contributed by atoms with Gasteiger partial charge in [0.2, 0.25) is 5.91 Å². The molecule has 2 heterocycles. The molecule has 3 N–H and O–H groups in total. The van der Waals surface area contributed by atoms with Crippen molar-refractivity contribution in [1.29, 1.82) is 0 Å². The number of furan rings is 1. The summed E-state index contributed by atoms with van der Waals surface area (Å²) in [5.74, 6) is 0.356. The van der Waals surface area contributed by atoms with E-state index in [1.807, 2.05) is 69.3 Å². The van der Waals surface area contributed by atoms with Crippen molar-refractivity contribution in [2.75, 3.05) is 10.6 Å². The number of carboxylic acid groups (broad SMARTS) is 1. The number of rotatable bonds is 6. The number of benzene rings is 2. The predicted molar refractivity (Wildman–Crippen MR) is 155 cm³/mol. The van der Waals surface area contributed by atoms with Crippen molar-refractivity contribution in [2.24, 2.45) is 11.8 Å². The molecular weight excluding hydrogens is 496 g/mol. The van der Waals surface area contributed by atoms with Crippen molar-refractivity contribution in [3.63, 3.8) is 0 Å². The van der Waals surface area contributed by atoms with E-state index in [0.717, 1.165) is 64.0 Å². The summed E-state index contributed by atoms with van der Waals surface area (Å²) < 4.78 is 6.01. The number of carbonyl (C=O) groups is 2. The second-order valence-electron chi connectivity index (χ2n) is 10.8. The molecule has 38 heavy (non-hydrogen) atoms. The van der Waals surface area contributed by atoms with E-state index in [1.54, 1.807) is 4.90 Å². The lowest BCUT2D eigenvalue weighted by Crippen LogP contribution is -2.43. The molecule has 0 spiro atoms. The summed E-state index contributed by atoms with van der Waals surface area (Å²) in [7, 11) is 0. The van der Waals surface area contributed by atoms with Crippen molar-refractivity contribution >= 4 is 45.6 Å². The zero-order chi connectivity index (χ0) is 27.1. The zero-order valence-corrected chi connectivity index (χ0v) is 23.1. The summed E-state index contributed by atoms with van der Waals surface area (Å²) in [5, 5.41) is 11.1. The maximum absolute atomic E-state index is 13.7. The maximum atomic E-state index is 13.7. The molecule has 0 aliphatic heterocycles. The van der Waals surface area contributed by atoms with Crippen molar-refractivity contribution in [3.05, 3.63) is 59.0 Å². The third kappa shape index (κ3) is 4.83. The first-order valence-corrected chi connectivity index (χ1v) is 14.0. The summed E-state index contributed by atoms with van der Waals surface area (Å²) in [6.45, 7) is 8.08. The van der Waals surface area contributed by atoms with E-state index in [9.17, 15) is 14.7 Å². The SMILES string of the molecule is Cc1c(-c2ccc(-c3cc4ccc(N)cc4o3)cc2)sc(C(=O)O)c1N(C(=O)[C@H]1CC[C@H](C)CC1)C(C)C. The summed E-state index contributed by atoms with van der Waals surface area (Å²) >= 11 is 1.23. The highest BCUT2D eigenvalue weighted by Gasteiger charge is 2.35. The molecule has 4 aromatic rings. The highest BCUT2D eigenvalue weighted by molar-refractivity contribution is 7.18. The average Bonchev–Trinajstić information content (AvgIpc) is 3.45. The summed E-state index contributed by atoms with van der Waals surface area (Å²) in [4.78, 5) is 28.9. The highest BCUT2D eigenvalue weighted by atomic mass is 32.1. The second kappa shape index (κ2) is 10.3. The Bertz CT molecular complexity index is 1490. The lowest BCUT2D eigenvalue weighted by Gasteiger charge is -2.34. The molecule has 1 saturated carbocycles. The van der Waals surface area contributed by atoms with Crippen LogP contribution in [0.1, 0.15) is 61.7 Å². The number of carboxylic acids is 1. The minimum Gasteiger partial charge on any atom is -0.477 e. The Morgan fingerprint density at radius 1 is 1.03 bits per heavy atom. The smallest absolute Gasteiger partial charge is 0.348 e. The van der Waals surface area contributed by atoms with Crippen LogP contribution in [0.2, 0.25) is 0 Å². The Hall–Kier alpha value is -3.58. The van der Waals surface area contributed by atoms with Gasteiger partial charge in [-0.05, 0) is 81.7 Å². The number of nitrogens with zero attached hydrogens (tertiary/aromatic N) is 1. The van der Waals surface area contributed by atoms with Gasteiger partial charge in [0.1, 0.15) is 16.2 Å². The van der Waals surface area contributed by atoms with E-state index >= 15 is 0 Å². The van der Waals surface area contributed by atoms with Crippen LogP contribution < -0.4 is 10.6 Å². The standard InChI is InChI=1S/C31H34N2O4S/c1-17(2)33(30(34)22-7-5-18(3)6-8-22)27-19(4)28(38-29(27)31(35)36)21-11-9-20(10-12-21)25-15-23-13-14-24(32)16-26(23)37-25/h9-18,22H,5-8,32H2,1-4H3,(H,35,36)/t18-,22-. The number of fused-ring (bicyclic) bond motifs is 1. The van der Waals surface area contributed by atoms with Gasteiger partial charge in [-0.1, -0.05) is 31.2 Å². The molecule has 0 atom stereocenters. The van der Waals surface area contributed by atoms with Gasteiger partial charge in [0.05, 0.1) is 5.69 Å². The van der Waals surface area contributed by atoms with E-state index in [2.05, 4.69) is 6.92 Å². The van der Waals surface area contributed by atoms with Crippen molar-refractivity contribution in [3.8, 4) is 21.8 Å². The summed E-state index contributed by atoms with van der Waals surface area (Å²) in [6.07, 6.45) is 3.79. The van der Waals surface area contributed by atoms with Crippen LogP contribution in [0.3, 0.4) is 0 Å². The fourth-order valence-corrected chi connectivity index (χ4v) is 6.66. The van der Waals surface area contributed by atoms with E-state index in [-0.39, 0.29) is 22.7 Å². The number of amides is 1. The number of hydrogen-bond donors (Lipinski definition) is 2. The lowest BCUT2D eigenvalue weighted by molar-refractivity contribution is -0.123. The summed E-state index contributed by atoms with van der Waals surface area (Å²) in [6, 6.07) is 15.4. The first kappa shape index (κ1) is 26.0. The molecule has 6 nitrogen and oxygen atoms in total. The van der Waals surface area contributed by atoms with Crippen LogP contribution in [0.25, 0.3) is 32.7 Å². The van der Waals surface area contributed by atoms with E-state index in [1.165, 1.54) is 11.3 Å². The van der Waals surface area contributed by atoms with E-state index in [0.29, 0.717) is 17.3 Å². The van der Waals surface area contributed by atoms with Crippen LogP contribution in [0, 0.1) is 18.8 Å². The number of carbonyl (C=O) groups excluding carboxylic acids is 1. The highest BCUT2D eigenvalue weighted by Crippen LogP contribution is 2.44. The first-order chi connectivity index (χ1) is 18.1. The molecule has 198 valence electrons. The zero-order valence-electron chi connectivity index (χ0n) is 22.3. The van der Waals surface area contributed by atoms with Crippen molar-refractivity contribution in [2.45, 2.75) is 59.4 Å². The van der Waals surface area contributed by atoms with Crippen LogP contribution >= 0.6 is 11.3 Å². The summed E-state index contributed by atoms with van der Waals surface area (Å²) in [5.41, 5.74) is 10.5. The maximum Gasteiger partial charge on any atom is 0.348 e. The van der Waals surface area contributed by atoms with Gasteiger partial charge >= 0.3 is 5.97 Å². The topological polar surface area (TPSA) is 96.8 Å². The van der Waals surface area contributed by atoms with Gasteiger partial charge in [-0.25, -0.2) is 4.79 Å². The molecule has 0 unspecified atom stereocenters. The fourth-order valence-electron chi connectivity index (χ4n) is 5.52. The fraction of sp³-hybridized carbons (Fsp3) is 0.355. The largest absolute Gasteiger partial charge is 0.477 e. The number of aromatic carboxylic acids is 1. The lowest BCUT2D eigenvalue weighted by atomic mass is 9.82. The molecule has 2 aromatic carbocycles. The van der Waals surface area contributed by atoms with Gasteiger partial charge in [-0.15, -0.1) is 11.3 Å². The Morgan fingerprint density at radius 2 is 1.68 bits per heavy atom. The van der Waals surface area contributed by atoms with Gasteiger partial charge in [0.15, 0.2) is 0 Å². The predicted octanol–water partition coefficient (Wildman–Crippen LogP) is 7.98. The molecule has 7 heteroatoms.